The Morgan fingerprint density at radius 3 is 2.32 bits per heavy atom. The van der Waals surface area contributed by atoms with E-state index in [1.165, 1.54) is 4.31 Å². The van der Waals surface area contributed by atoms with Crippen LogP contribution in [0.25, 0.3) is 0 Å². The zero-order chi connectivity index (χ0) is 16.5. The quantitative estimate of drug-likeness (QED) is 0.714. The lowest BCUT2D eigenvalue weighted by atomic mass is 9.96. The Labute approximate surface area is 132 Å². The van der Waals surface area contributed by atoms with E-state index in [1.54, 1.807) is 23.9 Å². The molecule has 0 aromatic rings. The molecular weight excluding hydrogens is 306 g/mol. The van der Waals surface area contributed by atoms with E-state index >= 15 is 0 Å². The first-order chi connectivity index (χ1) is 10.2. The molecule has 0 aromatic heterocycles. The Bertz CT molecular complexity index is 546. The van der Waals surface area contributed by atoms with Crippen molar-refractivity contribution in [1.82, 2.24) is 14.1 Å². The first-order valence-corrected chi connectivity index (χ1v) is 9.53. The Kier molecular flexibility index (Phi) is 5.11. The Balaban J connectivity index is 2.07. The molecule has 0 unspecified atom stereocenters. The van der Waals surface area contributed by atoms with Crippen LogP contribution in [-0.4, -0.2) is 80.4 Å². The van der Waals surface area contributed by atoms with Crippen molar-refractivity contribution in [2.75, 3.05) is 40.0 Å². The van der Waals surface area contributed by atoms with Gasteiger partial charge in [-0.05, 0) is 25.7 Å². The van der Waals surface area contributed by atoms with Crippen LogP contribution in [0.15, 0.2) is 0 Å². The maximum absolute atomic E-state index is 12.7. The van der Waals surface area contributed by atoms with Gasteiger partial charge in [0.25, 0.3) is 0 Å². The monoisotopic (exact) mass is 331 g/mol. The summed E-state index contributed by atoms with van der Waals surface area (Å²) >= 11 is 0. The van der Waals surface area contributed by atoms with E-state index in [9.17, 15) is 18.0 Å². The summed E-state index contributed by atoms with van der Waals surface area (Å²) in [5.74, 6) is -0.302. The largest absolute Gasteiger partial charge is 0.349 e. The molecule has 22 heavy (non-hydrogen) atoms. The molecule has 2 aliphatic heterocycles. The number of carbonyl (C=O) groups is 2. The number of sulfonamides is 1. The van der Waals surface area contributed by atoms with Crippen LogP contribution >= 0.6 is 0 Å². The van der Waals surface area contributed by atoms with Gasteiger partial charge < -0.3 is 9.80 Å². The number of hydrogen-bond donors (Lipinski definition) is 0. The zero-order valence-electron chi connectivity index (χ0n) is 13.5. The summed E-state index contributed by atoms with van der Waals surface area (Å²) < 4.78 is 24.9. The molecule has 0 N–H and O–H groups in total. The molecule has 2 amide bonds. The van der Waals surface area contributed by atoms with Crippen molar-refractivity contribution in [1.29, 1.82) is 0 Å². The minimum absolute atomic E-state index is 0.0314. The highest BCUT2D eigenvalue weighted by Crippen LogP contribution is 2.25. The summed E-state index contributed by atoms with van der Waals surface area (Å²) in [6.45, 7) is 1.40. The average molecular weight is 331 g/mol. The third kappa shape index (κ3) is 3.60. The van der Waals surface area contributed by atoms with Crippen LogP contribution in [0.3, 0.4) is 0 Å². The normalized spacial score (nSPS) is 27.0. The molecule has 0 aliphatic carbocycles. The highest BCUT2D eigenvalue weighted by atomic mass is 32.2. The number of rotatable bonds is 3. The third-order valence-corrected chi connectivity index (χ3v) is 5.73. The second-order valence-electron chi connectivity index (χ2n) is 6.39. The second kappa shape index (κ2) is 6.54. The molecule has 0 spiro atoms. The minimum Gasteiger partial charge on any atom is -0.349 e. The molecule has 2 saturated heterocycles. The van der Waals surface area contributed by atoms with Crippen molar-refractivity contribution < 1.29 is 18.0 Å². The molecule has 0 saturated carbocycles. The lowest BCUT2D eigenvalue weighted by molar-refractivity contribution is -0.141. The molecular formula is C14H25N3O4S. The van der Waals surface area contributed by atoms with Crippen LogP contribution in [0.2, 0.25) is 0 Å². The van der Waals surface area contributed by atoms with Gasteiger partial charge in [-0.3, -0.25) is 9.59 Å². The maximum Gasteiger partial charge on any atom is 0.241 e. The van der Waals surface area contributed by atoms with Crippen molar-refractivity contribution in [2.45, 2.75) is 31.7 Å². The van der Waals surface area contributed by atoms with Crippen molar-refractivity contribution in [2.24, 2.45) is 5.92 Å². The molecule has 2 aliphatic rings. The van der Waals surface area contributed by atoms with E-state index < -0.39 is 16.1 Å². The first kappa shape index (κ1) is 17.2. The first-order valence-electron chi connectivity index (χ1n) is 7.68. The predicted molar refractivity (Wildman–Crippen MR) is 82.6 cm³/mol. The SMILES string of the molecule is CN(C)C(=O)[C@@H]1CCCN(C(=O)[C@H]2CCCN2S(C)(=O)=O)C1. The van der Waals surface area contributed by atoms with Gasteiger partial charge in [0, 0.05) is 33.7 Å². The molecule has 0 radical (unpaired) electrons. The molecule has 0 aromatic carbocycles. The highest BCUT2D eigenvalue weighted by molar-refractivity contribution is 7.88. The fourth-order valence-corrected chi connectivity index (χ4v) is 4.46. The van der Waals surface area contributed by atoms with E-state index in [-0.39, 0.29) is 17.7 Å². The summed E-state index contributed by atoms with van der Waals surface area (Å²) in [6.07, 6.45) is 3.97. The van der Waals surface area contributed by atoms with Crippen molar-refractivity contribution >= 4 is 21.8 Å². The van der Waals surface area contributed by atoms with E-state index in [0.29, 0.717) is 32.5 Å². The highest BCUT2D eigenvalue weighted by Gasteiger charge is 2.40. The van der Waals surface area contributed by atoms with Gasteiger partial charge in [0.05, 0.1) is 12.2 Å². The van der Waals surface area contributed by atoms with Gasteiger partial charge >= 0.3 is 0 Å². The van der Waals surface area contributed by atoms with Crippen molar-refractivity contribution in [3.05, 3.63) is 0 Å². The van der Waals surface area contributed by atoms with Gasteiger partial charge in [0.1, 0.15) is 6.04 Å². The Morgan fingerprint density at radius 2 is 1.73 bits per heavy atom. The van der Waals surface area contributed by atoms with E-state index in [0.717, 1.165) is 19.1 Å². The fraction of sp³-hybridized carbons (Fsp3) is 0.857. The molecule has 2 fully saturated rings. The van der Waals surface area contributed by atoms with Crippen LogP contribution in [0.5, 0.6) is 0 Å². The smallest absolute Gasteiger partial charge is 0.241 e. The molecule has 2 atom stereocenters. The van der Waals surface area contributed by atoms with Gasteiger partial charge in [-0.2, -0.15) is 4.31 Å². The lowest BCUT2D eigenvalue weighted by Crippen LogP contribution is -2.52. The number of carbonyl (C=O) groups excluding carboxylic acids is 2. The number of hydrogen-bond acceptors (Lipinski definition) is 4. The molecule has 8 heteroatoms. The minimum atomic E-state index is -3.37. The molecule has 0 bridgehead atoms. The van der Waals surface area contributed by atoms with Crippen LogP contribution in [-0.2, 0) is 19.6 Å². The van der Waals surface area contributed by atoms with Crippen molar-refractivity contribution in [3.8, 4) is 0 Å². The van der Waals surface area contributed by atoms with Gasteiger partial charge in [0.15, 0.2) is 0 Å². The van der Waals surface area contributed by atoms with Crippen molar-refractivity contribution in [3.63, 3.8) is 0 Å². The number of amides is 2. The lowest BCUT2D eigenvalue weighted by Gasteiger charge is -2.35. The van der Waals surface area contributed by atoms with Crippen LogP contribution in [0, 0.1) is 5.92 Å². The molecule has 2 heterocycles. The number of nitrogens with zero attached hydrogens (tertiary/aromatic N) is 3. The molecule has 7 nitrogen and oxygen atoms in total. The Hall–Kier alpha value is -1.15. The Morgan fingerprint density at radius 1 is 1.09 bits per heavy atom. The van der Waals surface area contributed by atoms with Crippen LogP contribution in [0.1, 0.15) is 25.7 Å². The van der Waals surface area contributed by atoms with E-state index in [1.807, 2.05) is 0 Å². The van der Waals surface area contributed by atoms with E-state index in [4.69, 9.17) is 0 Å². The fourth-order valence-electron chi connectivity index (χ4n) is 3.34. The predicted octanol–water partition coefficient (Wildman–Crippen LogP) is -0.263. The topological polar surface area (TPSA) is 78.0 Å². The van der Waals surface area contributed by atoms with Gasteiger partial charge in [-0.1, -0.05) is 0 Å². The third-order valence-electron chi connectivity index (χ3n) is 4.44. The van der Waals surface area contributed by atoms with Crippen LogP contribution in [0.4, 0.5) is 0 Å². The van der Waals surface area contributed by atoms with Gasteiger partial charge in [0.2, 0.25) is 21.8 Å². The number of likely N-dealkylation sites (tertiary alicyclic amines) is 1. The second-order valence-corrected chi connectivity index (χ2v) is 8.32. The average Bonchev–Trinajstić information content (AvgIpc) is 2.95. The number of piperidine rings is 1. The summed E-state index contributed by atoms with van der Waals surface area (Å²) in [5, 5.41) is 0. The maximum atomic E-state index is 12.7. The van der Waals surface area contributed by atoms with E-state index in [2.05, 4.69) is 0 Å². The molecule has 126 valence electrons. The summed E-state index contributed by atoms with van der Waals surface area (Å²) in [7, 11) is 0.0595. The summed E-state index contributed by atoms with van der Waals surface area (Å²) in [5.41, 5.74) is 0. The zero-order valence-corrected chi connectivity index (χ0v) is 14.3. The summed E-state index contributed by atoms with van der Waals surface area (Å²) in [4.78, 5) is 28.0. The molecule has 2 rings (SSSR count). The van der Waals surface area contributed by atoms with Gasteiger partial charge in [-0.15, -0.1) is 0 Å². The standard InChI is InChI=1S/C14H25N3O4S/c1-15(2)13(18)11-6-4-8-16(10-11)14(19)12-7-5-9-17(12)22(3,20)21/h11-12H,4-10H2,1-3H3/t11-,12-/m1/s1. The van der Waals surface area contributed by atoms with Gasteiger partial charge in [-0.25, -0.2) is 8.42 Å². The van der Waals surface area contributed by atoms with Crippen LogP contribution < -0.4 is 0 Å². The summed E-state index contributed by atoms with van der Waals surface area (Å²) in [6, 6.07) is -0.594.